The van der Waals surface area contributed by atoms with Crippen LogP contribution < -0.4 is 5.73 Å². The first-order valence-electron chi connectivity index (χ1n) is 5.83. The fourth-order valence-corrected chi connectivity index (χ4v) is 1.86. The molecule has 0 aliphatic carbocycles. The van der Waals surface area contributed by atoms with Crippen LogP contribution in [-0.4, -0.2) is 44.3 Å². The quantitative estimate of drug-likeness (QED) is 0.652. The van der Waals surface area contributed by atoms with Crippen LogP contribution in [0.25, 0.3) is 0 Å². The first-order valence-corrected chi connectivity index (χ1v) is 5.83. The average molecular weight is 200 g/mol. The second kappa shape index (κ2) is 7.21. The van der Waals surface area contributed by atoms with Gasteiger partial charge in [-0.1, -0.05) is 6.92 Å². The lowest BCUT2D eigenvalue weighted by atomic mass is 9.99. The number of nitrogens with zero attached hydrogens (tertiary/aromatic N) is 1. The Labute approximate surface area is 87.6 Å². The SMILES string of the molecule is CC1CCN(CCCOCCN)CC1. The highest BCUT2D eigenvalue weighted by atomic mass is 16.5. The molecule has 1 heterocycles. The lowest BCUT2D eigenvalue weighted by molar-refractivity contribution is 0.118. The molecular weight excluding hydrogens is 176 g/mol. The zero-order chi connectivity index (χ0) is 10.2. The summed E-state index contributed by atoms with van der Waals surface area (Å²) in [6.07, 6.45) is 3.88. The summed E-state index contributed by atoms with van der Waals surface area (Å²) in [6, 6.07) is 0. The van der Waals surface area contributed by atoms with Gasteiger partial charge in [0.05, 0.1) is 6.61 Å². The van der Waals surface area contributed by atoms with E-state index in [4.69, 9.17) is 10.5 Å². The number of ether oxygens (including phenoxy) is 1. The van der Waals surface area contributed by atoms with E-state index in [1.54, 1.807) is 0 Å². The van der Waals surface area contributed by atoms with E-state index in [0.29, 0.717) is 13.2 Å². The van der Waals surface area contributed by atoms with Gasteiger partial charge < -0.3 is 15.4 Å². The van der Waals surface area contributed by atoms with Gasteiger partial charge in [-0.3, -0.25) is 0 Å². The molecule has 1 aliphatic rings. The van der Waals surface area contributed by atoms with Crippen LogP contribution in [0.1, 0.15) is 26.2 Å². The normalized spacial score (nSPS) is 20.1. The molecule has 84 valence electrons. The molecule has 1 rings (SSSR count). The van der Waals surface area contributed by atoms with Crippen molar-refractivity contribution in [3.8, 4) is 0 Å². The molecule has 0 atom stereocenters. The summed E-state index contributed by atoms with van der Waals surface area (Å²) < 4.78 is 5.34. The fraction of sp³-hybridized carbons (Fsp3) is 1.00. The van der Waals surface area contributed by atoms with Gasteiger partial charge in [0, 0.05) is 19.7 Å². The molecule has 0 saturated carbocycles. The van der Waals surface area contributed by atoms with E-state index in [0.717, 1.165) is 18.9 Å². The highest BCUT2D eigenvalue weighted by Gasteiger charge is 2.14. The molecule has 1 saturated heterocycles. The second-order valence-electron chi connectivity index (χ2n) is 4.28. The van der Waals surface area contributed by atoms with Crippen molar-refractivity contribution in [2.75, 3.05) is 39.4 Å². The van der Waals surface area contributed by atoms with Gasteiger partial charge in [-0.15, -0.1) is 0 Å². The van der Waals surface area contributed by atoms with Gasteiger partial charge in [0.1, 0.15) is 0 Å². The van der Waals surface area contributed by atoms with E-state index in [1.165, 1.54) is 32.5 Å². The molecule has 0 unspecified atom stereocenters. The van der Waals surface area contributed by atoms with E-state index in [1.807, 2.05) is 0 Å². The highest BCUT2D eigenvalue weighted by Crippen LogP contribution is 2.15. The van der Waals surface area contributed by atoms with E-state index in [-0.39, 0.29) is 0 Å². The van der Waals surface area contributed by atoms with Crippen LogP contribution in [0, 0.1) is 5.92 Å². The minimum absolute atomic E-state index is 0.640. The number of hydrogen-bond donors (Lipinski definition) is 1. The van der Waals surface area contributed by atoms with Crippen molar-refractivity contribution in [3.05, 3.63) is 0 Å². The van der Waals surface area contributed by atoms with Crippen molar-refractivity contribution in [3.63, 3.8) is 0 Å². The van der Waals surface area contributed by atoms with Gasteiger partial charge in [-0.25, -0.2) is 0 Å². The van der Waals surface area contributed by atoms with E-state index >= 15 is 0 Å². The Hall–Kier alpha value is -0.120. The summed E-state index contributed by atoms with van der Waals surface area (Å²) in [5.74, 6) is 0.930. The van der Waals surface area contributed by atoms with Crippen molar-refractivity contribution in [1.82, 2.24) is 4.90 Å². The topological polar surface area (TPSA) is 38.5 Å². The molecule has 2 N–H and O–H groups in total. The monoisotopic (exact) mass is 200 g/mol. The number of likely N-dealkylation sites (tertiary alicyclic amines) is 1. The van der Waals surface area contributed by atoms with Crippen LogP contribution in [0.4, 0.5) is 0 Å². The maximum absolute atomic E-state index is 5.34. The summed E-state index contributed by atoms with van der Waals surface area (Å²) in [6.45, 7) is 8.30. The molecule has 0 amide bonds. The Morgan fingerprint density at radius 1 is 1.29 bits per heavy atom. The summed E-state index contributed by atoms with van der Waals surface area (Å²) in [4.78, 5) is 2.55. The summed E-state index contributed by atoms with van der Waals surface area (Å²) in [5, 5.41) is 0. The van der Waals surface area contributed by atoms with Crippen LogP contribution in [0.3, 0.4) is 0 Å². The van der Waals surface area contributed by atoms with Crippen LogP contribution in [0.2, 0.25) is 0 Å². The minimum atomic E-state index is 0.640. The lowest BCUT2D eigenvalue weighted by Gasteiger charge is -2.29. The van der Waals surface area contributed by atoms with E-state index < -0.39 is 0 Å². The average Bonchev–Trinajstić information content (AvgIpc) is 2.21. The molecule has 1 aliphatic heterocycles. The summed E-state index contributed by atoms with van der Waals surface area (Å²) in [5.41, 5.74) is 5.33. The minimum Gasteiger partial charge on any atom is -0.380 e. The fourth-order valence-electron chi connectivity index (χ4n) is 1.86. The van der Waals surface area contributed by atoms with E-state index in [2.05, 4.69) is 11.8 Å². The molecule has 3 heteroatoms. The zero-order valence-corrected chi connectivity index (χ0v) is 9.37. The maximum Gasteiger partial charge on any atom is 0.0588 e. The Bertz CT molecular complexity index is 133. The Morgan fingerprint density at radius 3 is 2.64 bits per heavy atom. The molecule has 14 heavy (non-hydrogen) atoms. The van der Waals surface area contributed by atoms with Gasteiger partial charge in [0.2, 0.25) is 0 Å². The molecule has 0 bridgehead atoms. The third kappa shape index (κ3) is 4.94. The molecule has 1 fully saturated rings. The Balaban J connectivity index is 1.91. The highest BCUT2D eigenvalue weighted by molar-refractivity contribution is 4.68. The first kappa shape index (κ1) is 12.0. The molecule has 0 radical (unpaired) electrons. The number of nitrogens with two attached hydrogens (primary N) is 1. The van der Waals surface area contributed by atoms with Crippen LogP contribution in [-0.2, 0) is 4.74 Å². The summed E-state index contributed by atoms with van der Waals surface area (Å²) in [7, 11) is 0. The number of hydrogen-bond acceptors (Lipinski definition) is 3. The largest absolute Gasteiger partial charge is 0.380 e. The summed E-state index contributed by atoms with van der Waals surface area (Å²) >= 11 is 0. The van der Waals surface area contributed by atoms with Crippen molar-refractivity contribution in [1.29, 1.82) is 0 Å². The van der Waals surface area contributed by atoms with Gasteiger partial charge in [-0.2, -0.15) is 0 Å². The van der Waals surface area contributed by atoms with Crippen molar-refractivity contribution >= 4 is 0 Å². The van der Waals surface area contributed by atoms with Crippen LogP contribution in [0.15, 0.2) is 0 Å². The molecule has 0 aromatic carbocycles. The molecule has 0 spiro atoms. The van der Waals surface area contributed by atoms with Gasteiger partial charge in [0.25, 0.3) is 0 Å². The Kier molecular flexibility index (Phi) is 6.15. The second-order valence-corrected chi connectivity index (χ2v) is 4.28. The number of rotatable bonds is 6. The molecule has 0 aromatic heterocycles. The number of piperidine rings is 1. The van der Waals surface area contributed by atoms with Crippen molar-refractivity contribution < 1.29 is 4.74 Å². The standard InChI is InChI=1S/C11H24N2O/c1-11-3-7-13(8-4-11)6-2-9-14-10-5-12/h11H,2-10,12H2,1H3. The first-order chi connectivity index (χ1) is 6.83. The van der Waals surface area contributed by atoms with Gasteiger partial charge >= 0.3 is 0 Å². The third-order valence-electron chi connectivity index (χ3n) is 2.90. The molecular formula is C11H24N2O. The van der Waals surface area contributed by atoms with Crippen LogP contribution >= 0.6 is 0 Å². The molecule has 0 aromatic rings. The predicted molar refractivity (Wildman–Crippen MR) is 59.3 cm³/mol. The molecule has 3 nitrogen and oxygen atoms in total. The smallest absolute Gasteiger partial charge is 0.0588 e. The third-order valence-corrected chi connectivity index (χ3v) is 2.90. The maximum atomic E-state index is 5.34. The predicted octanol–water partition coefficient (Wildman–Crippen LogP) is 1.08. The Morgan fingerprint density at radius 2 is 2.00 bits per heavy atom. The van der Waals surface area contributed by atoms with Gasteiger partial charge in [0.15, 0.2) is 0 Å². The van der Waals surface area contributed by atoms with E-state index in [9.17, 15) is 0 Å². The van der Waals surface area contributed by atoms with Crippen LogP contribution in [0.5, 0.6) is 0 Å². The van der Waals surface area contributed by atoms with Crippen molar-refractivity contribution in [2.45, 2.75) is 26.2 Å². The lowest BCUT2D eigenvalue weighted by Crippen LogP contribution is -2.34. The zero-order valence-electron chi connectivity index (χ0n) is 9.37. The van der Waals surface area contributed by atoms with Crippen molar-refractivity contribution in [2.24, 2.45) is 11.7 Å². The van der Waals surface area contributed by atoms with Gasteiger partial charge in [-0.05, 0) is 38.3 Å².